The van der Waals surface area contributed by atoms with Gasteiger partial charge in [-0.2, -0.15) is 5.26 Å². The second-order valence-corrected chi connectivity index (χ2v) is 6.45. The van der Waals surface area contributed by atoms with Crippen LogP contribution < -0.4 is 5.32 Å². The Labute approximate surface area is 169 Å². The summed E-state index contributed by atoms with van der Waals surface area (Å²) in [4.78, 5) is 24.5. The van der Waals surface area contributed by atoms with E-state index >= 15 is 0 Å². The largest absolute Gasteiger partial charge is 0.368 e. The summed E-state index contributed by atoms with van der Waals surface area (Å²) in [6.45, 7) is 0.492. The molecule has 0 aliphatic carbocycles. The smallest absolute Gasteiger partial charge is 0.182 e. The standard InChI is InChI=1S/C20H14FN9/c21-13-4-5-14-18(12(13)9-22)30(15-3-1-2-7-23-15)16(29-14)6-8-24-19-17-20(26-10-25-17)28-11-27-19/h1-5,7,10-11H,6,8H2,(H2,24,25,26,27,28). The number of nitriles is 1. The summed E-state index contributed by atoms with van der Waals surface area (Å²) in [6, 6.07) is 10.2. The van der Waals surface area contributed by atoms with Crippen LogP contribution >= 0.6 is 0 Å². The molecule has 5 rings (SSSR count). The summed E-state index contributed by atoms with van der Waals surface area (Å²) < 4.78 is 16.0. The van der Waals surface area contributed by atoms with Crippen molar-refractivity contribution in [3.05, 3.63) is 66.4 Å². The van der Waals surface area contributed by atoms with Crippen molar-refractivity contribution in [3.63, 3.8) is 0 Å². The summed E-state index contributed by atoms with van der Waals surface area (Å²) >= 11 is 0. The second kappa shape index (κ2) is 7.21. The number of pyridine rings is 1. The van der Waals surface area contributed by atoms with Crippen LogP contribution in [0.3, 0.4) is 0 Å². The molecule has 10 heteroatoms. The molecule has 0 bridgehead atoms. The number of H-pyrrole nitrogens is 1. The number of aromatic amines is 1. The maximum absolute atomic E-state index is 14.3. The normalized spacial score (nSPS) is 11.1. The molecular formula is C20H14FN9. The Morgan fingerprint density at radius 1 is 1.13 bits per heavy atom. The molecule has 30 heavy (non-hydrogen) atoms. The van der Waals surface area contributed by atoms with Gasteiger partial charge in [0.15, 0.2) is 11.5 Å². The maximum atomic E-state index is 14.3. The van der Waals surface area contributed by atoms with Crippen LogP contribution in [0.5, 0.6) is 0 Å². The number of benzene rings is 1. The van der Waals surface area contributed by atoms with Gasteiger partial charge in [-0.05, 0) is 24.3 Å². The first-order valence-electron chi connectivity index (χ1n) is 9.15. The molecule has 146 valence electrons. The summed E-state index contributed by atoms with van der Waals surface area (Å²) in [7, 11) is 0. The Kier molecular flexibility index (Phi) is 4.25. The molecule has 9 nitrogen and oxygen atoms in total. The molecule has 0 saturated carbocycles. The van der Waals surface area contributed by atoms with Gasteiger partial charge in [0, 0.05) is 19.2 Å². The van der Waals surface area contributed by atoms with Crippen LogP contribution in [0.25, 0.3) is 28.0 Å². The van der Waals surface area contributed by atoms with E-state index in [-0.39, 0.29) is 5.56 Å². The van der Waals surface area contributed by atoms with E-state index < -0.39 is 5.82 Å². The average molecular weight is 399 g/mol. The Morgan fingerprint density at radius 3 is 2.90 bits per heavy atom. The van der Waals surface area contributed by atoms with E-state index in [0.29, 0.717) is 52.6 Å². The molecular weight excluding hydrogens is 385 g/mol. The molecule has 2 N–H and O–H groups in total. The van der Waals surface area contributed by atoms with Gasteiger partial charge in [0.05, 0.1) is 17.4 Å². The van der Waals surface area contributed by atoms with Crippen molar-refractivity contribution in [2.24, 2.45) is 0 Å². The molecule has 0 atom stereocenters. The molecule has 4 heterocycles. The van der Waals surface area contributed by atoms with Crippen LogP contribution in [0.2, 0.25) is 0 Å². The SMILES string of the molecule is N#Cc1c(F)ccc2nc(CCNc3ncnc4nc[nH]c34)n(-c3ccccn3)c12. The number of anilines is 1. The van der Waals surface area contributed by atoms with E-state index in [9.17, 15) is 9.65 Å². The molecule has 5 aromatic rings. The van der Waals surface area contributed by atoms with Gasteiger partial charge in [-0.15, -0.1) is 0 Å². The highest BCUT2D eigenvalue weighted by molar-refractivity contribution is 5.84. The highest BCUT2D eigenvalue weighted by Gasteiger charge is 2.19. The predicted octanol–water partition coefficient (Wildman–Crippen LogP) is 2.75. The van der Waals surface area contributed by atoms with Crippen LogP contribution in [-0.2, 0) is 6.42 Å². The van der Waals surface area contributed by atoms with Gasteiger partial charge in [-0.25, -0.2) is 29.3 Å². The minimum atomic E-state index is -0.589. The number of rotatable bonds is 5. The van der Waals surface area contributed by atoms with Crippen LogP contribution in [0.1, 0.15) is 11.4 Å². The van der Waals surface area contributed by atoms with Crippen molar-refractivity contribution in [2.75, 3.05) is 11.9 Å². The quantitative estimate of drug-likeness (QED) is 0.466. The van der Waals surface area contributed by atoms with Gasteiger partial charge in [0.25, 0.3) is 0 Å². The van der Waals surface area contributed by atoms with Crippen molar-refractivity contribution in [3.8, 4) is 11.9 Å². The number of hydrogen-bond acceptors (Lipinski definition) is 7. The summed E-state index contributed by atoms with van der Waals surface area (Å²) in [6.07, 6.45) is 5.13. The molecule has 0 spiro atoms. The van der Waals surface area contributed by atoms with Crippen LogP contribution in [0.4, 0.5) is 10.2 Å². The van der Waals surface area contributed by atoms with Gasteiger partial charge in [-0.1, -0.05) is 6.07 Å². The zero-order valence-electron chi connectivity index (χ0n) is 15.5. The summed E-state index contributed by atoms with van der Waals surface area (Å²) in [5.74, 6) is 1.25. The Hall–Kier alpha value is -4.39. The topological polar surface area (TPSA) is 121 Å². The lowest BCUT2D eigenvalue weighted by Gasteiger charge is -2.10. The predicted molar refractivity (Wildman–Crippen MR) is 107 cm³/mol. The number of hydrogen-bond donors (Lipinski definition) is 2. The monoisotopic (exact) mass is 399 g/mol. The number of imidazole rings is 2. The van der Waals surface area contributed by atoms with E-state index in [2.05, 4.69) is 35.2 Å². The highest BCUT2D eigenvalue weighted by atomic mass is 19.1. The van der Waals surface area contributed by atoms with E-state index in [0.717, 1.165) is 0 Å². The Balaban J connectivity index is 1.54. The van der Waals surface area contributed by atoms with Crippen molar-refractivity contribution in [1.82, 2.24) is 34.5 Å². The first-order valence-corrected chi connectivity index (χ1v) is 9.15. The fourth-order valence-electron chi connectivity index (χ4n) is 3.39. The maximum Gasteiger partial charge on any atom is 0.182 e. The fourth-order valence-corrected chi connectivity index (χ4v) is 3.39. The molecule has 0 aliphatic rings. The molecule has 0 amide bonds. The minimum Gasteiger partial charge on any atom is -0.368 e. The highest BCUT2D eigenvalue weighted by Crippen LogP contribution is 2.26. The van der Waals surface area contributed by atoms with E-state index in [1.807, 2.05) is 12.1 Å². The lowest BCUT2D eigenvalue weighted by atomic mass is 10.2. The zero-order chi connectivity index (χ0) is 20.5. The van der Waals surface area contributed by atoms with Crippen LogP contribution in [-0.4, -0.2) is 41.0 Å². The fraction of sp³-hybridized carbons (Fsp3) is 0.100. The van der Waals surface area contributed by atoms with Gasteiger partial charge >= 0.3 is 0 Å². The first kappa shape index (κ1) is 17.7. The molecule has 0 aliphatic heterocycles. The number of fused-ring (bicyclic) bond motifs is 2. The molecule has 4 aromatic heterocycles. The molecule has 0 radical (unpaired) electrons. The molecule has 0 saturated heterocycles. The Morgan fingerprint density at radius 2 is 2.07 bits per heavy atom. The lowest BCUT2D eigenvalue weighted by molar-refractivity contribution is 0.625. The second-order valence-electron chi connectivity index (χ2n) is 6.45. The van der Waals surface area contributed by atoms with Gasteiger partial charge in [-0.3, -0.25) is 4.57 Å². The van der Waals surface area contributed by atoms with Crippen molar-refractivity contribution in [1.29, 1.82) is 5.26 Å². The number of nitrogens with one attached hydrogen (secondary N) is 2. The van der Waals surface area contributed by atoms with E-state index in [1.165, 1.54) is 12.4 Å². The summed E-state index contributed by atoms with van der Waals surface area (Å²) in [5.41, 5.74) is 2.17. The number of aromatic nitrogens is 7. The van der Waals surface area contributed by atoms with Gasteiger partial charge in [0.2, 0.25) is 0 Å². The van der Waals surface area contributed by atoms with Crippen molar-refractivity contribution < 1.29 is 4.39 Å². The van der Waals surface area contributed by atoms with Gasteiger partial charge in [0.1, 0.15) is 40.9 Å². The first-order chi connectivity index (χ1) is 14.8. The zero-order valence-corrected chi connectivity index (χ0v) is 15.5. The summed E-state index contributed by atoms with van der Waals surface area (Å²) in [5, 5.41) is 12.8. The van der Waals surface area contributed by atoms with Crippen molar-refractivity contribution >= 4 is 28.0 Å². The van der Waals surface area contributed by atoms with Crippen LogP contribution in [0, 0.1) is 17.1 Å². The number of nitrogens with zero attached hydrogens (tertiary/aromatic N) is 7. The minimum absolute atomic E-state index is 0.0557. The van der Waals surface area contributed by atoms with E-state index in [4.69, 9.17) is 0 Å². The third-order valence-corrected chi connectivity index (χ3v) is 4.69. The molecule has 0 unspecified atom stereocenters. The molecule has 1 aromatic carbocycles. The third-order valence-electron chi connectivity index (χ3n) is 4.69. The van der Waals surface area contributed by atoms with Gasteiger partial charge < -0.3 is 10.3 Å². The third kappa shape index (κ3) is 2.89. The average Bonchev–Trinajstić information content (AvgIpc) is 3.39. The Bertz CT molecular complexity index is 1400. The van der Waals surface area contributed by atoms with Crippen molar-refractivity contribution in [2.45, 2.75) is 6.42 Å². The molecule has 0 fully saturated rings. The lowest BCUT2D eigenvalue weighted by Crippen LogP contribution is -2.12. The van der Waals surface area contributed by atoms with E-state index in [1.54, 1.807) is 35.3 Å². The number of halogens is 1. The van der Waals surface area contributed by atoms with Crippen LogP contribution in [0.15, 0.2) is 49.2 Å².